The summed E-state index contributed by atoms with van der Waals surface area (Å²) in [6.45, 7) is 1.41. The number of carbonyl (C=O) groups is 1. The van der Waals surface area contributed by atoms with Gasteiger partial charge in [-0.25, -0.2) is 4.79 Å². The summed E-state index contributed by atoms with van der Waals surface area (Å²) in [5.41, 5.74) is 0.521. The molecule has 1 heterocycles. The molecule has 86 valence electrons. The number of rotatable bonds is 3. The highest BCUT2D eigenvalue weighted by molar-refractivity contribution is 5.95. The van der Waals surface area contributed by atoms with E-state index in [-0.39, 0.29) is 18.4 Å². The molecule has 0 radical (unpaired) electrons. The molecule has 1 aromatic carbocycles. The number of anilines is 1. The van der Waals surface area contributed by atoms with Gasteiger partial charge in [-0.15, -0.1) is 0 Å². The van der Waals surface area contributed by atoms with Crippen molar-refractivity contribution in [3.8, 4) is 5.75 Å². The van der Waals surface area contributed by atoms with Gasteiger partial charge in [-0.3, -0.25) is 4.90 Å². The number of benzene rings is 1. The maximum atomic E-state index is 11.9. The van der Waals surface area contributed by atoms with Crippen LogP contribution < -0.4 is 4.90 Å². The molecule has 0 spiro atoms. The zero-order valence-electron chi connectivity index (χ0n) is 8.83. The lowest BCUT2D eigenvalue weighted by molar-refractivity contribution is 0.199. The molecule has 2 rings (SSSR count). The molecule has 0 bridgehead atoms. The molecule has 5 heteroatoms. The van der Waals surface area contributed by atoms with Gasteiger partial charge in [0.1, 0.15) is 5.75 Å². The van der Waals surface area contributed by atoms with Gasteiger partial charge < -0.3 is 15.1 Å². The third-order valence-corrected chi connectivity index (χ3v) is 2.64. The fourth-order valence-corrected chi connectivity index (χ4v) is 1.83. The number of hydrogen-bond acceptors (Lipinski definition) is 3. The monoisotopic (exact) mass is 222 g/mol. The lowest BCUT2D eigenvalue weighted by atomic mass is 10.3. The van der Waals surface area contributed by atoms with Crippen LogP contribution in [0.1, 0.15) is 0 Å². The lowest BCUT2D eigenvalue weighted by Gasteiger charge is -2.18. The van der Waals surface area contributed by atoms with E-state index in [1.165, 1.54) is 4.90 Å². The first-order chi connectivity index (χ1) is 7.74. The van der Waals surface area contributed by atoms with Gasteiger partial charge in [-0.2, -0.15) is 0 Å². The average molecular weight is 222 g/mol. The number of aromatic hydroxyl groups is 1. The van der Waals surface area contributed by atoms with Crippen molar-refractivity contribution in [1.29, 1.82) is 0 Å². The van der Waals surface area contributed by atoms with Crippen molar-refractivity contribution in [2.75, 3.05) is 31.1 Å². The number of aliphatic hydroxyl groups excluding tert-OH is 1. The molecule has 0 saturated carbocycles. The van der Waals surface area contributed by atoms with Crippen LogP contribution in [0.5, 0.6) is 5.75 Å². The van der Waals surface area contributed by atoms with E-state index < -0.39 is 0 Å². The van der Waals surface area contributed by atoms with Crippen molar-refractivity contribution >= 4 is 11.7 Å². The Bertz CT molecular complexity index is 395. The predicted octanol–water partition coefficient (Wildman–Crippen LogP) is 0.627. The van der Waals surface area contributed by atoms with Crippen molar-refractivity contribution in [1.82, 2.24) is 4.90 Å². The molecule has 1 aromatic rings. The van der Waals surface area contributed by atoms with E-state index in [0.717, 1.165) is 0 Å². The van der Waals surface area contributed by atoms with E-state index in [1.807, 2.05) is 0 Å². The summed E-state index contributed by atoms with van der Waals surface area (Å²) < 4.78 is 0. The van der Waals surface area contributed by atoms with Crippen molar-refractivity contribution in [3.05, 3.63) is 24.3 Å². The highest BCUT2D eigenvalue weighted by Crippen LogP contribution is 2.29. The van der Waals surface area contributed by atoms with Crippen LogP contribution in [0.25, 0.3) is 0 Å². The van der Waals surface area contributed by atoms with E-state index in [4.69, 9.17) is 5.11 Å². The van der Waals surface area contributed by atoms with Gasteiger partial charge in [0, 0.05) is 19.6 Å². The summed E-state index contributed by atoms with van der Waals surface area (Å²) >= 11 is 0. The minimum Gasteiger partial charge on any atom is -0.506 e. The summed E-state index contributed by atoms with van der Waals surface area (Å²) in [7, 11) is 0. The molecule has 1 aliphatic heterocycles. The summed E-state index contributed by atoms with van der Waals surface area (Å²) in [6, 6.07) is 6.57. The molecule has 5 nitrogen and oxygen atoms in total. The van der Waals surface area contributed by atoms with Crippen LogP contribution in [0.3, 0.4) is 0 Å². The normalized spacial score (nSPS) is 15.9. The van der Waals surface area contributed by atoms with Crippen LogP contribution in [0, 0.1) is 0 Å². The summed E-state index contributed by atoms with van der Waals surface area (Å²) in [5, 5.41) is 18.4. The van der Waals surface area contributed by atoms with Gasteiger partial charge in [0.05, 0.1) is 12.3 Å². The number of amides is 2. The van der Waals surface area contributed by atoms with Crippen LogP contribution in [0.2, 0.25) is 0 Å². The number of phenols is 1. The summed E-state index contributed by atoms with van der Waals surface area (Å²) in [6.07, 6.45) is 0. The predicted molar refractivity (Wildman–Crippen MR) is 59.5 cm³/mol. The third kappa shape index (κ3) is 1.81. The highest BCUT2D eigenvalue weighted by Gasteiger charge is 2.30. The SMILES string of the molecule is O=C1N(CCO)CCN1c1ccccc1O. The van der Waals surface area contributed by atoms with E-state index in [0.29, 0.717) is 25.3 Å². The smallest absolute Gasteiger partial charge is 0.324 e. The zero-order chi connectivity index (χ0) is 11.5. The van der Waals surface area contributed by atoms with Crippen molar-refractivity contribution in [2.45, 2.75) is 0 Å². The molecule has 1 aliphatic rings. The molecular weight excluding hydrogens is 208 g/mol. The molecule has 0 unspecified atom stereocenters. The molecule has 2 amide bonds. The Morgan fingerprint density at radius 2 is 2.00 bits per heavy atom. The van der Waals surface area contributed by atoms with Crippen LogP contribution in [0.15, 0.2) is 24.3 Å². The number of para-hydroxylation sites is 2. The van der Waals surface area contributed by atoms with Gasteiger partial charge in [0.25, 0.3) is 0 Å². The second kappa shape index (κ2) is 4.40. The molecule has 0 aromatic heterocycles. The Morgan fingerprint density at radius 3 is 2.69 bits per heavy atom. The topological polar surface area (TPSA) is 64.0 Å². The maximum absolute atomic E-state index is 11.9. The number of aliphatic hydroxyl groups is 1. The third-order valence-electron chi connectivity index (χ3n) is 2.64. The van der Waals surface area contributed by atoms with E-state index in [2.05, 4.69) is 0 Å². The van der Waals surface area contributed by atoms with Crippen LogP contribution in [0.4, 0.5) is 10.5 Å². The van der Waals surface area contributed by atoms with Gasteiger partial charge in [-0.05, 0) is 12.1 Å². The van der Waals surface area contributed by atoms with Crippen LogP contribution in [-0.2, 0) is 0 Å². The van der Waals surface area contributed by atoms with E-state index >= 15 is 0 Å². The first-order valence-corrected chi connectivity index (χ1v) is 5.19. The van der Waals surface area contributed by atoms with Crippen molar-refractivity contribution < 1.29 is 15.0 Å². The van der Waals surface area contributed by atoms with Crippen molar-refractivity contribution in [2.24, 2.45) is 0 Å². The molecule has 1 fully saturated rings. The number of phenolic OH excluding ortho intramolecular Hbond substituents is 1. The molecule has 0 aliphatic carbocycles. The Kier molecular flexibility index (Phi) is 2.96. The molecule has 16 heavy (non-hydrogen) atoms. The van der Waals surface area contributed by atoms with Crippen LogP contribution >= 0.6 is 0 Å². The molecule has 2 N–H and O–H groups in total. The van der Waals surface area contributed by atoms with Crippen LogP contribution in [-0.4, -0.2) is 47.4 Å². The lowest BCUT2D eigenvalue weighted by Crippen LogP contribution is -2.33. The quantitative estimate of drug-likeness (QED) is 0.788. The Balaban J connectivity index is 2.19. The average Bonchev–Trinajstić information content (AvgIpc) is 2.62. The fraction of sp³-hybridized carbons (Fsp3) is 0.364. The van der Waals surface area contributed by atoms with E-state index in [9.17, 15) is 9.90 Å². The Morgan fingerprint density at radius 1 is 1.25 bits per heavy atom. The summed E-state index contributed by atoms with van der Waals surface area (Å²) in [4.78, 5) is 15.0. The van der Waals surface area contributed by atoms with E-state index in [1.54, 1.807) is 29.2 Å². The van der Waals surface area contributed by atoms with Crippen molar-refractivity contribution in [3.63, 3.8) is 0 Å². The number of urea groups is 1. The number of hydrogen-bond donors (Lipinski definition) is 2. The Labute approximate surface area is 93.5 Å². The first kappa shape index (κ1) is 10.8. The fourth-order valence-electron chi connectivity index (χ4n) is 1.83. The second-order valence-electron chi connectivity index (χ2n) is 3.63. The summed E-state index contributed by atoms with van der Waals surface area (Å²) in [5.74, 6) is 0.0988. The first-order valence-electron chi connectivity index (χ1n) is 5.19. The van der Waals surface area contributed by atoms with Gasteiger partial charge in [-0.1, -0.05) is 12.1 Å². The number of carbonyl (C=O) groups excluding carboxylic acids is 1. The second-order valence-corrected chi connectivity index (χ2v) is 3.63. The highest BCUT2D eigenvalue weighted by atomic mass is 16.3. The maximum Gasteiger partial charge on any atom is 0.324 e. The molecule has 0 atom stereocenters. The zero-order valence-corrected chi connectivity index (χ0v) is 8.83. The Hall–Kier alpha value is -1.75. The van der Waals surface area contributed by atoms with Gasteiger partial charge in [0.15, 0.2) is 0 Å². The minimum atomic E-state index is -0.171. The minimum absolute atomic E-state index is 0.0413. The molecule has 1 saturated heterocycles. The largest absolute Gasteiger partial charge is 0.506 e. The number of β-amino-alcohol motifs (C(OH)–C–C–N with tert-alkyl or cyclic N) is 1. The van der Waals surface area contributed by atoms with Gasteiger partial charge in [0.2, 0.25) is 0 Å². The molecular formula is C11H14N2O3. The standard InChI is InChI=1S/C11H14N2O3/c14-8-7-12-5-6-13(11(12)16)9-3-1-2-4-10(9)15/h1-4,14-15H,5-8H2. The van der Waals surface area contributed by atoms with Gasteiger partial charge >= 0.3 is 6.03 Å². The number of nitrogens with zero attached hydrogens (tertiary/aromatic N) is 2.